The van der Waals surface area contributed by atoms with Gasteiger partial charge in [-0.15, -0.1) is 11.3 Å². The van der Waals surface area contributed by atoms with Gasteiger partial charge in [-0.1, -0.05) is 35.9 Å². The van der Waals surface area contributed by atoms with Gasteiger partial charge in [0.2, 0.25) is 0 Å². The monoisotopic (exact) mass is 481 g/mol. The second-order valence-electron chi connectivity index (χ2n) is 7.86. The summed E-state index contributed by atoms with van der Waals surface area (Å²) in [5, 5.41) is 1.93. The van der Waals surface area contributed by atoms with Crippen molar-refractivity contribution in [1.29, 1.82) is 0 Å². The highest BCUT2D eigenvalue weighted by molar-refractivity contribution is 7.13. The van der Waals surface area contributed by atoms with Crippen LogP contribution in [0.1, 0.15) is 27.2 Å². The molecule has 1 aliphatic heterocycles. The van der Waals surface area contributed by atoms with Gasteiger partial charge >= 0.3 is 11.7 Å². The quantitative estimate of drug-likeness (QED) is 0.443. The van der Waals surface area contributed by atoms with Crippen LogP contribution in [-0.2, 0) is 17.7 Å². The molecule has 0 spiro atoms. The zero-order valence-corrected chi connectivity index (χ0v) is 19.3. The van der Waals surface area contributed by atoms with Crippen molar-refractivity contribution in [2.24, 2.45) is 0 Å². The lowest BCUT2D eigenvalue weighted by molar-refractivity contribution is 0.0608. The molecule has 0 radical (unpaired) electrons. The Hall–Kier alpha value is -3.36. The van der Waals surface area contributed by atoms with Gasteiger partial charge in [-0.2, -0.15) is 0 Å². The van der Waals surface area contributed by atoms with Crippen LogP contribution in [0.25, 0.3) is 16.6 Å². The van der Waals surface area contributed by atoms with E-state index in [9.17, 15) is 14.4 Å². The van der Waals surface area contributed by atoms with Crippen LogP contribution in [0, 0.1) is 0 Å². The van der Waals surface area contributed by atoms with Crippen LogP contribution in [0.4, 0.5) is 5.69 Å². The van der Waals surface area contributed by atoms with Crippen molar-refractivity contribution in [3.05, 3.63) is 89.7 Å². The number of hydrogen-bond acceptors (Lipinski definition) is 6. The Balaban J connectivity index is 1.60. The minimum Gasteiger partial charge on any atom is -0.465 e. The maximum atomic E-state index is 13.3. The van der Waals surface area contributed by atoms with E-state index in [-0.39, 0.29) is 21.0 Å². The number of aryl methyl sites for hydroxylation is 1. The maximum absolute atomic E-state index is 13.3. The molecule has 9 heteroatoms. The molecule has 0 fully saturated rings. The maximum Gasteiger partial charge on any atom is 0.348 e. The molecule has 2 aromatic carbocycles. The highest BCUT2D eigenvalue weighted by Crippen LogP contribution is 2.29. The second kappa shape index (κ2) is 8.53. The topological polar surface area (TPSA) is 84.4 Å². The molecule has 0 atom stereocenters. The van der Waals surface area contributed by atoms with Gasteiger partial charge < -0.3 is 14.6 Å². The fourth-order valence-electron chi connectivity index (χ4n) is 4.32. The number of rotatable bonds is 4. The van der Waals surface area contributed by atoms with Crippen LogP contribution in [0.3, 0.4) is 0 Å². The number of aromatic amines is 1. The van der Waals surface area contributed by atoms with Crippen LogP contribution < -0.4 is 16.1 Å². The first kappa shape index (κ1) is 21.5. The second-order valence-corrected chi connectivity index (χ2v) is 9.14. The summed E-state index contributed by atoms with van der Waals surface area (Å²) in [6.07, 6.45) is 2.11. The number of H-pyrrole nitrogens is 1. The normalized spacial score (nSPS) is 13.2. The molecule has 5 rings (SSSR count). The lowest BCUT2D eigenvalue weighted by Gasteiger charge is -2.31. The number of nitrogens with one attached hydrogen (secondary N) is 1. The molecule has 0 unspecified atom stereocenters. The number of methoxy groups -OCH3 is 1. The molecule has 3 heterocycles. The smallest absolute Gasteiger partial charge is 0.348 e. The molecule has 2 aromatic heterocycles. The van der Waals surface area contributed by atoms with E-state index < -0.39 is 17.2 Å². The molecule has 0 saturated heterocycles. The molecule has 33 heavy (non-hydrogen) atoms. The van der Waals surface area contributed by atoms with Crippen molar-refractivity contribution in [1.82, 2.24) is 9.55 Å². The molecule has 7 nitrogen and oxygen atoms in total. The Labute approximate surface area is 197 Å². The lowest BCUT2D eigenvalue weighted by atomic mass is 10.0. The molecular weight excluding hydrogens is 462 g/mol. The fraction of sp³-hybridized carbons (Fsp3) is 0.208. The largest absolute Gasteiger partial charge is 0.465 e. The van der Waals surface area contributed by atoms with Crippen LogP contribution in [0.5, 0.6) is 0 Å². The average Bonchev–Trinajstić information content (AvgIpc) is 3.25. The van der Waals surface area contributed by atoms with E-state index in [1.165, 1.54) is 18.4 Å². The third kappa shape index (κ3) is 3.75. The minimum absolute atomic E-state index is 0.109. The number of halogens is 1. The fourth-order valence-corrected chi connectivity index (χ4v) is 5.43. The van der Waals surface area contributed by atoms with Gasteiger partial charge in [0.05, 0.1) is 28.7 Å². The molecule has 168 valence electrons. The Morgan fingerprint density at radius 3 is 2.82 bits per heavy atom. The number of aromatic nitrogens is 2. The lowest BCUT2D eigenvalue weighted by Crippen LogP contribution is -2.34. The van der Waals surface area contributed by atoms with E-state index in [1.807, 2.05) is 18.2 Å². The number of anilines is 1. The number of nitrogens with zero attached hydrogens (tertiary/aromatic N) is 2. The molecule has 0 saturated carbocycles. The Kier molecular flexibility index (Phi) is 5.55. The van der Waals surface area contributed by atoms with Crippen molar-refractivity contribution in [3.63, 3.8) is 0 Å². The third-order valence-electron chi connectivity index (χ3n) is 5.85. The van der Waals surface area contributed by atoms with Crippen LogP contribution in [0.2, 0.25) is 5.02 Å². The summed E-state index contributed by atoms with van der Waals surface area (Å²) < 4.78 is 5.77. The molecule has 4 aromatic rings. The van der Waals surface area contributed by atoms with Gasteiger partial charge in [0.1, 0.15) is 4.88 Å². The molecule has 1 aliphatic rings. The number of benzene rings is 2. The summed E-state index contributed by atoms with van der Waals surface area (Å²) in [5.41, 5.74) is 2.75. The minimum atomic E-state index is -0.630. The zero-order valence-electron chi connectivity index (χ0n) is 17.8. The predicted octanol–water partition coefficient (Wildman–Crippen LogP) is 4.13. The van der Waals surface area contributed by atoms with Crippen molar-refractivity contribution >= 4 is 45.5 Å². The van der Waals surface area contributed by atoms with Crippen molar-refractivity contribution < 1.29 is 9.53 Å². The summed E-state index contributed by atoms with van der Waals surface area (Å²) in [4.78, 5) is 43.4. The number of hydrogen-bond donors (Lipinski definition) is 1. The van der Waals surface area contributed by atoms with E-state index in [4.69, 9.17) is 16.3 Å². The van der Waals surface area contributed by atoms with E-state index >= 15 is 0 Å². The Bertz CT molecular complexity index is 1500. The average molecular weight is 482 g/mol. The molecule has 0 bridgehead atoms. The van der Waals surface area contributed by atoms with Crippen molar-refractivity contribution in [3.8, 4) is 5.69 Å². The molecule has 0 aliphatic carbocycles. The van der Waals surface area contributed by atoms with Gasteiger partial charge in [-0.3, -0.25) is 4.79 Å². The van der Waals surface area contributed by atoms with E-state index in [2.05, 4.69) is 22.0 Å². The summed E-state index contributed by atoms with van der Waals surface area (Å²) in [6, 6.07) is 13.7. The number of para-hydroxylation sites is 1. The highest BCUT2D eigenvalue weighted by Gasteiger charge is 2.22. The van der Waals surface area contributed by atoms with E-state index in [0.29, 0.717) is 12.1 Å². The van der Waals surface area contributed by atoms with Gasteiger partial charge in [0, 0.05) is 24.2 Å². The number of fused-ring (bicyclic) bond motifs is 2. The third-order valence-corrected chi connectivity index (χ3v) is 7.13. The first-order chi connectivity index (χ1) is 16.0. The van der Waals surface area contributed by atoms with Crippen molar-refractivity contribution in [2.75, 3.05) is 18.6 Å². The summed E-state index contributed by atoms with van der Waals surface area (Å²) >= 11 is 7.49. The first-order valence-corrected chi connectivity index (χ1v) is 11.7. The predicted molar refractivity (Wildman–Crippen MR) is 130 cm³/mol. The summed E-state index contributed by atoms with van der Waals surface area (Å²) in [7, 11) is 1.25. The standard InChI is InChI=1S/C24H20ClN3O4S/c1-32-23(30)21-20-17(13-33-21)26-24(31)28(22(20)29)19-11-14(8-9-16(19)25)12-27-10-4-6-15-5-2-3-7-18(15)27/h2-3,5,7-9,11,13H,4,6,10,12H2,1H3,(H,26,31). The van der Waals surface area contributed by atoms with Crippen LogP contribution >= 0.6 is 22.9 Å². The van der Waals surface area contributed by atoms with Gasteiger partial charge in [0.25, 0.3) is 5.56 Å². The Morgan fingerprint density at radius 1 is 1.18 bits per heavy atom. The number of carbonyl (C=O) groups excluding carboxylic acids is 1. The Morgan fingerprint density at radius 2 is 2.00 bits per heavy atom. The van der Waals surface area contributed by atoms with Crippen molar-refractivity contribution in [2.45, 2.75) is 19.4 Å². The first-order valence-electron chi connectivity index (χ1n) is 10.4. The van der Waals surface area contributed by atoms with Crippen LogP contribution in [-0.4, -0.2) is 29.2 Å². The molecule has 1 N–H and O–H groups in total. The highest BCUT2D eigenvalue weighted by atomic mass is 35.5. The SMILES string of the molecule is COC(=O)c1scc2[nH]c(=O)n(-c3cc(CN4CCCc5ccccc54)ccc3Cl)c(=O)c12. The van der Waals surface area contributed by atoms with Gasteiger partial charge in [-0.25, -0.2) is 14.2 Å². The summed E-state index contributed by atoms with van der Waals surface area (Å²) in [5.74, 6) is -0.630. The number of carbonyl (C=O) groups is 1. The molecule has 0 amide bonds. The number of ether oxygens (including phenoxy) is 1. The van der Waals surface area contributed by atoms with E-state index in [1.54, 1.807) is 17.5 Å². The van der Waals surface area contributed by atoms with Gasteiger partial charge in [-0.05, 0) is 42.2 Å². The zero-order chi connectivity index (χ0) is 23.1. The number of thiophene rings is 1. The van der Waals surface area contributed by atoms with Crippen LogP contribution in [0.15, 0.2) is 57.4 Å². The van der Waals surface area contributed by atoms with Gasteiger partial charge in [0.15, 0.2) is 0 Å². The molecular formula is C24H20ClN3O4S. The van der Waals surface area contributed by atoms with E-state index in [0.717, 1.165) is 40.9 Å². The summed E-state index contributed by atoms with van der Waals surface area (Å²) in [6.45, 7) is 1.53. The number of esters is 1.